The van der Waals surface area contributed by atoms with Crippen LogP contribution in [-0.2, 0) is 25.7 Å². The Bertz CT molecular complexity index is 1610. The molecule has 6 rings (SSSR count). The molecular formula is C25H19N5O4. The minimum Gasteiger partial charge on any atom is -0.369 e. The molecule has 0 aliphatic heterocycles. The van der Waals surface area contributed by atoms with Gasteiger partial charge in [0.15, 0.2) is 11.6 Å². The van der Waals surface area contributed by atoms with Gasteiger partial charge < -0.3 is 11.1 Å². The molecule has 0 atom stereocenters. The van der Waals surface area contributed by atoms with Crippen LogP contribution in [0.15, 0.2) is 53.5 Å². The largest absolute Gasteiger partial charge is 0.369 e. The van der Waals surface area contributed by atoms with E-state index in [2.05, 4.69) is 10.3 Å². The number of hydrogen-bond donors (Lipinski definition) is 2. The van der Waals surface area contributed by atoms with Crippen molar-refractivity contribution >= 4 is 50.3 Å². The summed E-state index contributed by atoms with van der Waals surface area (Å²) >= 11 is 0. The van der Waals surface area contributed by atoms with Gasteiger partial charge in [-0.05, 0) is 58.7 Å². The summed E-state index contributed by atoms with van der Waals surface area (Å²) in [7, 11) is 0. The van der Waals surface area contributed by atoms with Crippen molar-refractivity contribution in [2.45, 2.75) is 25.7 Å². The van der Waals surface area contributed by atoms with Crippen molar-refractivity contribution in [1.82, 2.24) is 0 Å². The van der Waals surface area contributed by atoms with E-state index < -0.39 is 9.85 Å². The highest BCUT2D eigenvalue weighted by molar-refractivity contribution is 6.11. The van der Waals surface area contributed by atoms with E-state index in [1.807, 2.05) is 30.3 Å². The molecule has 0 saturated carbocycles. The van der Waals surface area contributed by atoms with E-state index in [1.165, 1.54) is 0 Å². The number of anilines is 1. The van der Waals surface area contributed by atoms with Crippen LogP contribution in [0, 0.1) is 20.2 Å². The summed E-state index contributed by atoms with van der Waals surface area (Å²) in [5.41, 5.74) is 10.5. The first-order valence-electron chi connectivity index (χ1n) is 11.0. The van der Waals surface area contributed by atoms with Crippen LogP contribution >= 0.6 is 0 Å². The van der Waals surface area contributed by atoms with Crippen LogP contribution in [0.25, 0.3) is 21.5 Å². The molecule has 3 N–H and O–H groups in total. The van der Waals surface area contributed by atoms with Crippen LogP contribution in [0.2, 0.25) is 0 Å². The number of nitro benzene ring substituents is 2. The van der Waals surface area contributed by atoms with Crippen molar-refractivity contribution in [3.63, 3.8) is 0 Å². The topological polar surface area (TPSA) is 137 Å². The summed E-state index contributed by atoms with van der Waals surface area (Å²) in [4.78, 5) is 27.3. The summed E-state index contributed by atoms with van der Waals surface area (Å²) in [6, 6.07) is 14.5. The van der Waals surface area contributed by atoms with Gasteiger partial charge in [-0.1, -0.05) is 36.4 Å². The smallest absolute Gasteiger partial charge is 0.295 e. The summed E-state index contributed by atoms with van der Waals surface area (Å²) in [5, 5.41) is 30.0. The highest BCUT2D eigenvalue weighted by Gasteiger charge is 2.27. The van der Waals surface area contributed by atoms with Crippen LogP contribution in [0.1, 0.15) is 22.3 Å². The quantitative estimate of drug-likeness (QED) is 0.192. The molecule has 0 aromatic heterocycles. The van der Waals surface area contributed by atoms with Crippen LogP contribution in [0.5, 0.6) is 0 Å². The van der Waals surface area contributed by atoms with Crippen LogP contribution in [-0.4, -0.2) is 15.8 Å². The van der Waals surface area contributed by atoms with Gasteiger partial charge in [-0.3, -0.25) is 20.2 Å². The normalized spacial score (nSPS) is 14.2. The Morgan fingerprint density at radius 2 is 1.32 bits per heavy atom. The second-order valence-corrected chi connectivity index (χ2v) is 8.65. The summed E-state index contributed by atoms with van der Waals surface area (Å²) in [6.07, 6.45) is 3.12. The fourth-order valence-electron chi connectivity index (χ4n) is 5.41. The molecule has 0 amide bonds. The zero-order valence-corrected chi connectivity index (χ0v) is 18.0. The van der Waals surface area contributed by atoms with Gasteiger partial charge in [0.1, 0.15) is 5.69 Å². The molecule has 2 aliphatic carbocycles. The molecule has 4 aromatic rings. The van der Waals surface area contributed by atoms with Gasteiger partial charge in [-0.25, -0.2) is 4.99 Å². The zero-order valence-electron chi connectivity index (χ0n) is 18.0. The molecule has 0 fully saturated rings. The summed E-state index contributed by atoms with van der Waals surface area (Å²) in [6.45, 7) is 0. The van der Waals surface area contributed by atoms with Crippen molar-refractivity contribution in [2.75, 3.05) is 5.32 Å². The standard InChI is InChI=1S/C25H19N5O4/c26-25(27-23-17-5-1-3-13-7-9-15(21(13)17)11-19(23)29(31)32)28-24-18-6-2-4-14-8-10-16(22(14)18)12-20(24)30(33)34/h1-6,11-12H,7-10H2,(H3,26,27,28). The number of hydrogen-bond acceptors (Lipinski definition) is 5. The van der Waals surface area contributed by atoms with Crippen LogP contribution in [0.4, 0.5) is 22.7 Å². The first kappa shape index (κ1) is 20.1. The Balaban J connectivity index is 1.54. The molecule has 0 bridgehead atoms. The zero-order chi connectivity index (χ0) is 23.6. The molecular weight excluding hydrogens is 434 g/mol. The Kier molecular flexibility index (Phi) is 4.28. The lowest BCUT2D eigenvalue weighted by Crippen LogP contribution is -2.23. The molecule has 4 aromatic carbocycles. The number of rotatable bonds is 4. The highest BCUT2D eigenvalue weighted by Crippen LogP contribution is 2.43. The minimum atomic E-state index is -0.464. The van der Waals surface area contributed by atoms with E-state index in [0.717, 1.165) is 58.7 Å². The number of nitrogens with zero attached hydrogens (tertiary/aromatic N) is 3. The highest BCUT2D eigenvalue weighted by atomic mass is 16.6. The maximum absolute atomic E-state index is 11.9. The Hall–Kier alpha value is -4.53. The van der Waals surface area contributed by atoms with Gasteiger partial charge >= 0.3 is 0 Å². The average Bonchev–Trinajstić information content (AvgIpc) is 3.42. The SMILES string of the molecule is NC(=Nc1c([N+](=O)[O-])cc2c3c(cccc13)CC2)Nc1c([N+](=O)[O-])cc2c3c(cccc13)CC2. The fourth-order valence-corrected chi connectivity index (χ4v) is 5.41. The second-order valence-electron chi connectivity index (χ2n) is 8.65. The molecule has 0 radical (unpaired) electrons. The number of nitrogens with two attached hydrogens (primary N) is 1. The number of nitro groups is 2. The molecule has 34 heavy (non-hydrogen) atoms. The number of benzene rings is 4. The molecule has 0 unspecified atom stereocenters. The number of aryl methyl sites for hydroxylation is 4. The first-order valence-corrected chi connectivity index (χ1v) is 11.0. The van der Waals surface area contributed by atoms with Crippen molar-refractivity contribution in [2.24, 2.45) is 10.7 Å². The molecule has 0 spiro atoms. The maximum atomic E-state index is 11.9. The lowest BCUT2D eigenvalue weighted by Gasteiger charge is -2.13. The lowest BCUT2D eigenvalue weighted by atomic mass is 10.0. The van der Waals surface area contributed by atoms with Gasteiger partial charge in [0, 0.05) is 22.9 Å². The van der Waals surface area contributed by atoms with E-state index in [4.69, 9.17) is 5.73 Å². The molecule has 168 valence electrons. The van der Waals surface area contributed by atoms with Crippen molar-refractivity contribution in [1.29, 1.82) is 0 Å². The molecule has 9 heteroatoms. The minimum absolute atomic E-state index is 0.102. The Labute approximate surface area is 193 Å². The average molecular weight is 453 g/mol. The predicted molar refractivity (Wildman–Crippen MR) is 131 cm³/mol. The third-order valence-electron chi connectivity index (χ3n) is 6.79. The van der Waals surface area contributed by atoms with Gasteiger partial charge in [-0.15, -0.1) is 0 Å². The third-order valence-corrected chi connectivity index (χ3v) is 6.79. The molecule has 9 nitrogen and oxygen atoms in total. The summed E-state index contributed by atoms with van der Waals surface area (Å²) in [5.74, 6) is -0.149. The van der Waals surface area contributed by atoms with Crippen molar-refractivity contribution < 1.29 is 9.85 Å². The van der Waals surface area contributed by atoms with E-state index in [1.54, 1.807) is 18.2 Å². The predicted octanol–water partition coefficient (Wildman–Crippen LogP) is 5.06. The molecule has 0 heterocycles. The maximum Gasteiger partial charge on any atom is 0.295 e. The van der Waals surface area contributed by atoms with Gasteiger partial charge in [0.05, 0.1) is 9.85 Å². The van der Waals surface area contributed by atoms with Gasteiger partial charge in [0.2, 0.25) is 0 Å². The number of nitrogens with one attached hydrogen (secondary N) is 1. The third kappa shape index (κ3) is 2.90. The fraction of sp³-hybridized carbons (Fsp3) is 0.160. The van der Waals surface area contributed by atoms with Crippen LogP contribution < -0.4 is 11.1 Å². The van der Waals surface area contributed by atoms with E-state index in [9.17, 15) is 20.2 Å². The van der Waals surface area contributed by atoms with Crippen molar-refractivity contribution in [3.05, 3.63) is 91.0 Å². The number of aliphatic imine (C=N–C) groups is 1. The van der Waals surface area contributed by atoms with E-state index in [0.29, 0.717) is 10.8 Å². The van der Waals surface area contributed by atoms with Crippen molar-refractivity contribution in [3.8, 4) is 0 Å². The molecule has 0 saturated heterocycles. The van der Waals surface area contributed by atoms with E-state index >= 15 is 0 Å². The number of guanidine groups is 1. The summed E-state index contributed by atoms with van der Waals surface area (Å²) < 4.78 is 0. The first-order chi connectivity index (χ1) is 16.4. The van der Waals surface area contributed by atoms with Crippen LogP contribution in [0.3, 0.4) is 0 Å². The Morgan fingerprint density at radius 3 is 1.94 bits per heavy atom. The van der Waals surface area contributed by atoms with Gasteiger partial charge in [-0.2, -0.15) is 0 Å². The Morgan fingerprint density at radius 1 is 0.794 bits per heavy atom. The monoisotopic (exact) mass is 453 g/mol. The van der Waals surface area contributed by atoms with E-state index in [-0.39, 0.29) is 28.7 Å². The van der Waals surface area contributed by atoms with Gasteiger partial charge in [0.25, 0.3) is 11.4 Å². The molecule has 2 aliphatic rings. The lowest BCUT2D eigenvalue weighted by molar-refractivity contribution is -0.384. The second kappa shape index (κ2) is 7.24.